The topological polar surface area (TPSA) is 89.4 Å². The molecule has 3 aliphatic heterocycles. The van der Waals surface area contributed by atoms with Crippen LogP contribution in [-0.4, -0.2) is 69.6 Å². The Hall–Kier alpha value is -2.10. The number of nitrogens with one attached hydrogen (secondary N) is 2. The molecule has 30 heavy (non-hydrogen) atoms. The lowest BCUT2D eigenvalue weighted by Crippen LogP contribution is -2.55. The van der Waals surface area contributed by atoms with E-state index in [2.05, 4.69) is 44.0 Å². The van der Waals surface area contributed by atoms with E-state index in [0.717, 1.165) is 50.5 Å². The zero-order chi connectivity index (χ0) is 20.7. The van der Waals surface area contributed by atoms with Crippen molar-refractivity contribution in [1.82, 2.24) is 24.6 Å². The Morgan fingerprint density at radius 2 is 2.07 bits per heavy atom. The summed E-state index contributed by atoms with van der Waals surface area (Å²) in [5.74, 6) is 1.69. The molecule has 0 aliphatic carbocycles. The minimum Gasteiger partial charge on any atom is -0.475 e. The molecule has 162 valence electrons. The van der Waals surface area contributed by atoms with E-state index >= 15 is 0 Å². The highest BCUT2D eigenvalue weighted by Crippen LogP contribution is 2.36. The van der Waals surface area contributed by atoms with E-state index in [9.17, 15) is 0 Å². The number of anilines is 3. The van der Waals surface area contributed by atoms with Gasteiger partial charge in [-0.3, -0.25) is 9.58 Å². The van der Waals surface area contributed by atoms with Crippen molar-refractivity contribution in [3.8, 4) is 5.88 Å². The van der Waals surface area contributed by atoms with E-state index in [1.165, 1.54) is 6.42 Å². The maximum absolute atomic E-state index is 6.26. The van der Waals surface area contributed by atoms with Crippen LogP contribution in [0.1, 0.15) is 37.9 Å². The second-order valence-electron chi connectivity index (χ2n) is 8.39. The molecular formula is C20H28ClN7O2. The largest absolute Gasteiger partial charge is 0.475 e. The molecule has 2 bridgehead atoms. The molecule has 0 spiro atoms. The van der Waals surface area contributed by atoms with Gasteiger partial charge in [0.05, 0.1) is 31.1 Å². The van der Waals surface area contributed by atoms with Gasteiger partial charge in [-0.05, 0) is 26.7 Å². The zero-order valence-corrected chi connectivity index (χ0v) is 18.2. The van der Waals surface area contributed by atoms with Crippen LogP contribution < -0.4 is 15.4 Å². The summed E-state index contributed by atoms with van der Waals surface area (Å²) in [6.07, 6.45) is 4.78. The molecule has 2 N–H and O–H groups in total. The van der Waals surface area contributed by atoms with Gasteiger partial charge < -0.3 is 20.1 Å². The average Bonchev–Trinajstić information content (AvgIpc) is 2.98. The first-order chi connectivity index (χ1) is 14.6. The summed E-state index contributed by atoms with van der Waals surface area (Å²) in [4.78, 5) is 11.4. The summed E-state index contributed by atoms with van der Waals surface area (Å²) in [6.45, 7) is 8.40. The molecule has 5 heterocycles. The van der Waals surface area contributed by atoms with Crippen molar-refractivity contribution in [3.05, 3.63) is 16.9 Å². The molecule has 2 atom stereocenters. The number of nitrogens with zero attached hydrogens (tertiary/aromatic N) is 5. The molecule has 2 aromatic rings. The fourth-order valence-corrected chi connectivity index (χ4v) is 4.47. The van der Waals surface area contributed by atoms with E-state index < -0.39 is 0 Å². The third kappa shape index (κ3) is 3.81. The van der Waals surface area contributed by atoms with Crippen LogP contribution in [0.25, 0.3) is 0 Å². The monoisotopic (exact) mass is 433 g/mol. The predicted octanol–water partition coefficient (Wildman–Crippen LogP) is 3.00. The Balaban J connectivity index is 1.38. The standard InChI is InChI=1S/C20H28ClN7O2/c1-12-5-7-30-19-17(24-20-22-8-16(21)18(23-12)25-20)13(2)28(26-19)15-9-27(10-15)14-4-3-6-29-11-14/h8,12,14-15H,3-7,9-11H2,1-2H3,(H2,22,23,24,25)/t12-,14?/m1/s1. The quantitative estimate of drug-likeness (QED) is 0.747. The lowest BCUT2D eigenvalue weighted by Gasteiger charge is -2.45. The first kappa shape index (κ1) is 19.8. The average molecular weight is 434 g/mol. The van der Waals surface area contributed by atoms with Crippen LogP contribution in [0.2, 0.25) is 5.02 Å². The highest BCUT2D eigenvalue weighted by atomic mass is 35.5. The Kier molecular flexibility index (Phi) is 5.43. The Labute approximate surface area is 181 Å². The number of rotatable bonds is 2. The maximum Gasteiger partial charge on any atom is 0.257 e. The van der Waals surface area contributed by atoms with Gasteiger partial charge in [0.15, 0.2) is 5.82 Å². The van der Waals surface area contributed by atoms with Gasteiger partial charge in [0.25, 0.3) is 5.88 Å². The Morgan fingerprint density at radius 1 is 1.20 bits per heavy atom. The third-order valence-electron chi connectivity index (χ3n) is 6.16. The number of likely N-dealkylation sites (tertiary alicyclic amines) is 1. The number of ether oxygens (including phenoxy) is 2. The third-order valence-corrected chi connectivity index (χ3v) is 6.44. The van der Waals surface area contributed by atoms with Crippen molar-refractivity contribution in [3.63, 3.8) is 0 Å². The van der Waals surface area contributed by atoms with Gasteiger partial charge in [-0.2, -0.15) is 4.98 Å². The fourth-order valence-electron chi connectivity index (χ4n) is 4.32. The van der Waals surface area contributed by atoms with E-state index in [1.807, 2.05) is 0 Å². The maximum atomic E-state index is 6.26. The minimum atomic E-state index is 0.160. The molecule has 2 saturated heterocycles. The SMILES string of the molecule is Cc1c2c(nn1C1CN(C3CCCOC3)C1)OCC[C@@H](C)Nc1nc(ncc1Cl)N2. The molecular weight excluding hydrogens is 406 g/mol. The summed E-state index contributed by atoms with van der Waals surface area (Å²) >= 11 is 6.26. The molecule has 5 rings (SSSR count). The van der Waals surface area contributed by atoms with Crippen LogP contribution in [-0.2, 0) is 4.74 Å². The molecule has 0 amide bonds. The lowest BCUT2D eigenvalue weighted by atomic mass is 10.0. The summed E-state index contributed by atoms with van der Waals surface area (Å²) in [6, 6.07) is 1.03. The van der Waals surface area contributed by atoms with Crippen molar-refractivity contribution in [2.45, 2.75) is 51.2 Å². The molecule has 9 nitrogen and oxygen atoms in total. The van der Waals surface area contributed by atoms with Crippen molar-refractivity contribution >= 4 is 29.1 Å². The highest BCUT2D eigenvalue weighted by molar-refractivity contribution is 6.32. The Bertz CT molecular complexity index is 909. The molecule has 2 aromatic heterocycles. The van der Waals surface area contributed by atoms with Crippen LogP contribution in [0.5, 0.6) is 5.88 Å². The first-order valence-electron chi connectivity index (χ1n) is 10.7. The van der Waals surface area contributed by atoms with E-state index in [-0.39, 0.29) is 6.04 Å². The number of fused-ring (bicyclic) bond motifs is 3. The van der Waals surface area contributed by atoms with Gasteiger partial charge in [0.1, 0.15) is 10.7 Å². The van der Waals surface area contributed by atoms with Gasteiger partial charge in [0.2, 0.25) is 5.95 Å². The smallest absolute Gasteiger partial charge is 0.257 e. The first-order valence-corrected chi connectivity index (χ1v) is 11.1. The predicted molar refractivity (Wildman–Crippen MR) is 115 cm³/mol. The Morgan fingerprint density at radius 3 is 2.87 bits per heavy atom. The van der Waals surface area contributed by atoms with E-state index in [1.54, 1.807) is 6.20 Å². The minimum absolute atomic E-state index is 0.160. The number of aromatic nitrogens is 4. The van der Waals surface area contributed by atoms with Crippen molar-refractivity contribution in [1.29, 1.82) is 0 Å². The normalized spacial score (nSPS) is 25.2. The summed E-state index contributed by atoms with van der Waals surface area (Å²) in [7, 11) is 0. The van der Waals surface area contributed by atoms with Gasteiger partial charge in [-0.15, -0.1) is 5.10 Å². The number of halogens is 1. The molecule has 0 aromatic carbocycles. The van der Waals surface area contributed by atoms with Gasteiger partial charge in [0, 0.05) is 38.2 Å². The lowest BCUT2D eigenvalue weighted by molar-refractivity contribution is -0.0295. The van der Waals surface area contributed by atoms with Crippen molar-refractivity contribution in [2.24, 2.45) is 0 Å². The van der Waals surface area contributed by atoms with Gasteiger partial charge >= 0.3 is 0 Å². The van der Waals surface area contributed by atoms with Crippen LogP contribution in [0.4, 0.5) is 17.5 Å². The van der Waals surface area contributed by atoms with Crippen LogP contribution in [0, 0.1) is 6.92 Å². The van der Waals surface area contributed by atoms with Crippen LogP contribution in [0.3, 0.4) is 0 Å². The molecule has 2 fully saturated rings. The van der Waals surface area contributed by atoms with Crippen LogP contribution in [0.15, 0.2) is 6.20 Å². The van der Waals surface area contributed by atoms with Gasteiger partial charge in [-0.1, -0.05) is 11.6 Å². The molecule has 0 saturated carbocycles. The van der Waals surface area contributed by atoms with Crippen molar-refractivity contribution in [2.75, 3.05) is 43.5 Å². The fraction of sp³-hybridized carbons (Fsp3) is 0.650. The second-order valence-corrected chi connectivity index (χ2v) is 8.79. The highest BCUT2D eigenvalue weighted by Gasteiger charge is 2.36. The van der Waals surface area contributed by atoms with E-state index in [4.69, 9.17) is 26.2 Å². The summed E-state index contributed by atoms with van der Waals surface area (Å²) < 4.78 is 13.8. The molecule has 0 radical (unpaired) electrons. The number of hydrogen-bond donors (Lipinski definition) is 2. The van der Waals surface area contributed by atoms with E-state index in [0.29, 0.717) is 41.4 Å². The molecule has 1 unspecified atom stereocenters. The second kappa shape index (κ2) is 8.20. The molecule has 3 aliphatic rings. The van der Waals surface area contributed by atoms with Gasteiger partial charge in [-0.25, -0.2) is 4.98 Å². The van der Waals surface area contributed by atoms with Crippen LogP contribution >= 0.6 is 11.6 Å². The van der Waals surface area contributed by atoms with Crippen molar-refractivity contribution < 1.29 is 9.47 Å². The number of hydrogen-bond acceptors (Lipinski definition) is 8. The zero-order valence-electron chi connectivity index (χ0n) is 17.4. The summed E-state index contributed by atoms with van der Waals surface area (Å²) in [5.41, 5.74) is 1.84. The molecule has 10 heteroatoms. The summed E-state index contributed by atoms with van der Waals surface area (Å²) in [5, 5.41) is 11.9.